The van der Waals surface area contributed by atoms with Gasteiger partial charge in [-0.15, -0.1) is 0 Å². The van der Waals surface area contributed by atoms with Crippen LogP contribution in [0, 0.1) is 6.92 Å². The Morgan fingerprint density at radius 1 is 1.10 bits per heavy atom. The first-order valence-corrected chi connectivity index (χ1v) is 7.00. The fourth-order valence-corrected chi connectivity index (χ4v) is 2.49. The van der Waals surface area contributed by atoms with Gasteiger partial charge in [0.1, 0.15) is 17.7 Å². The molecular formula is C15H10BrN3O2. The molecule has 21 heavy (non-hydrogen) atoms. The van der Waals surface area contributed by atoms with Crippen LogP contribution in [-0.4, -0.2) is 21.5 Å². The Labute approximate surface area is 129 Å². The van der Waals surface area contributed by atoms with Crippen LogP contribution in [0.1, 0.15) is 26.4 Å². The van der Waals surface area contributed by atoms with Gasteiger partial charge < -0.3 is 5.32 Å². The van der Waals surface area contributed by atoms with E-state index in [-0.39, 0.29) is 33.0 Å². The van der Waals surface area contributed by atoms with Crippen molar-refractivity contribution in [3.05, 3.63) is 63.8 Å². The molecule has 3 rings (SSSR count). The van der Waals surface area contributed by atoms with E-state index in [2.05, 4.69) is 31.2 Å². The van der Waals surface area contributed by atoms with E-state index >= 15 is 0 Å². The summed E-state index contributed by atoms with van der Waals surface area (Å²) < 4.78 is 0.180. The first-order valence-electron chi connectivity index (χ1n) is 6.21. The number of Topliss-reactive ketones (excluding diaryl/α,β-unsaturated/α-hetero) is 2. The number of allylic oxidation sites excluding steroid dienone is 2. The van der Waals surface area contributed by atoms with Crippen LogP contribution in [0.25, 0.3) is 0 Å². The van der Waals surface area contributed by atoms with Gasteiger partial charge in [0.25, 0.3) is 0 Å². The zero-order valence-electron chi connectivity index (χ0n) is 11.1. The average Bonchev–Trinajstić information content (AvgIpc) is 2.51. The minimum Gasteiger partial charge on any atom is -0.351 e. The SMILES string of the molecule is Cc1ccc(NC2=C(Br)C(=O)c3ncncc3C2=O)cc1. The number of aryl methyl sites for hydroxylation is 1. The van der Waals surface area contributed by atoms with Crippen molar-refractivity contribution in [1.82, 2.24) is 9.97 Å². The molecule has 1 aromatic heterocycles. The minimum absolute atomic E-state index is 0.122. The standard InChI is InChI=1S/C15H10BrN3O2/c1-8-2-4-9(5-3-8)19-13-11(16)15(21)12-10(14(13)20)6-17-7-18-12/h2-7,19H,1H3. The molecule has 0 saturated heterocycles. The molecule has 6 heteroatoms. The van der Waals surface area contributed by atoms with Gasteiger partial charge >= 0.3 is 0 Å². The molecule has 104 valence electrons. The van der Waals surface area contributed by atoms with E-state index in [0.717, 1.165) is 11.3 Å². The van der Waals surface area contributed by atoms with E-state index in [0.29, 0.717) is 0 Å². The predicted octanol–water partition coefficient (Wildman–Crippen LogP) is 2.88. The molecule has 0 bridgehead atoms. The number of hydrogen-bond acceptors (Lipinski definition) is 5. The summed E-state index contributed by atoms with van der Waals surface area (Å²) in [4.78, 5) is 32.4. The lowest BCUT2D eigenvalue weighted by atomic mass is 9.98. The molecule has 5 nitrogen and oxygen atoms in total. The van der Waals surface area contributed by atoms with Gasteiger partial charge in [0.2, 0.25) is 11.6 Å². The van der Waals surface area contributed by atoms with Gasteiger partial charge in [-0.3, -0.25) is 9.59 Å². The molecule has 0 fully saturated rings. The third-order valence-electron chi connectivity index (χ3n) is 3.14. The van der Waals surface area contributed by atoms with Crippen LogP contribution in [0.2, 0.25) is 0 Å². The van der Waals surface area contributed by atoms with E-state index in [1.54, 1.807) is 0 Å². The van der Waals surface area contributed by atoms with Crippen molar-refractivity contribution in [2.75, 3.05) is 5.32 Å². The molecule has 1 aromatic carbocycles. The number of halogens is 1. The fourth-order valence-electron chi connectivity index (χ4n) is 2.02. The Bertz CT molecular complexity index is 782. The Hall–Kier alpha value is -2.34. The second kappa shape index (κ2) is 5.21. The number of benzene rings is 1. The van der Waals surface area contributed by atoms with Crippen LogP contribution in [0.4, 0.5) is 5.69 Å². The van der Waals surface area contributed by atoms with Gasteiger partial charge in [-0.05, 0) is 35.0 Å². The van der Waals surface area contributed by atoms with E-state index in [4.69, 9.17) is 0 Å². The lowest BCUT2D eigenvalue weighted by molar-refractivity contribution is 0.0979. The maximum atomic E-state index is 12.5. The molecule has 0 spiro atoms. The molecule has 2 aromatic rings. The smallest absolute Gasteiger partial charge is 0.221 e. The molecular weight excluding hydrogens is 334 g/mol. The zero-order chi connectivity index (χ0) is 15.0. The van der Waals surface area contributed by atoms with Gasteiger partial charge in [-0.1, -0.05) is 17.7 Å². The minimum atomic E-state index is -0.332. The largest absolute Gasteiger partial charge is 0.351 e. The van der Waals surface area contributed by atoms with Crippen molar-refractivity contribution in [1.29, 1.82) is 0 Å². The molecule has 1 N–H and O–H groups in total. The first-order chi connectivity index (χ1) is 10.1. The second-order valence-corrected chi connectivity index (χ2v) is 5.42. The number of aromatic nitrogens is 2. The maximum Gasteiger partial charge on any atom is 0.221 e. The molecule has 0 saturated carbocycles. The van der Waals surface area contributed by atoms with Crippen LogP contribution in [-0.2, 0) is 0 Å². The van der Waals surface area contributed by atoms with E-state index < -0.39 is 0 Å². The summed E-state index contributed by atoms with van der Waals surface area (Å²) in [7, 11) is 0. The maximum absolute atomic E-state index is 12.5. The molecule has 1 aliphatic carbocycles. The number of fused-ring (bicyclic) bond motifs is 1. The number of rotatable bonds is 2. The number of carbonyl (C=O) groups excluding carboxylic acids is 2. The van der Waals surface area contributed by atoms with E-state index in [1.165, 1.54) is 12.5 Å². The number of nitrogens with zero attached hydrogens (tertiary/aromatic N) is 2. The van der Waals surface area contributed by atoms with Crippen LogP contribution in [0.3, 0.4) is 0 Å². The highest BCUT2D eigenvalue weighted by Gasteiger charge is 2.32. The van der Waals surface area contributed by atoms with Crippen LogP contribution in [0.5, 0.6) is 0 Å². The summed E-state index contributed by atoms with van der Waals surface area (Å²) in [5.74, 6) is -0.640. The van der Waals surface area contributed by atoms with Crippen molar-refractivity contribution in [2.24, 2.45) is 0 Å². The van der Waals surface area contributed by atoms with Crippen LogP contribution < -0.4 is 5.32 Å². The van der Waals surface area contributed by atoms with E-state index in [9.17, 15) is 9.59 Å². The summed E-state index contributed by atoms with van der Waals surface area (Å²) in [6, 6.07) is 7.53. The second-order valence-electron chi connectivity index (χ2n) is 4.62. The quantitative estimate of drug-likeness (QED) is 0.907. The summed E-state index contributed by atoms with van der Waals surface area (Å²) in [6.45, 7) is 1.97. The summed E-state index contributed by atoms with van der Waals surface area (Å²) >= 11 is 3.19. The van der Waals surface area contributed by atoms with Crippen LogP contribution in [0.15, 0.2) is 47.0 Å². The predicted molar refractivity (Wildman–Crippen MR) is 81.4 cm³/mol. The summed E-state index contributed by atoms with van der Waals surface area (Å²) in [6.07, 6.45) is 2.61. The normalized spacial score (nSPS) is 14.2. The van der Waals surface area contributed by atoms with Crippen molar-refractivity contribution in [3.8, 4) is 0 Å². The topological polar surface area (TPSA) is 72.0 Å². The Balaban J connectivity index is 2.02. The highest BCUT2D eigenvalue weighted by molar-refractivity contribution is 9.12. The van der Waals surface area contributed by atoms with Crippen molar-refractivity contribution in [2.45, 2.75) is 6.92 Å². The van der Waals surface area contributed by atoms with Gasteiger partial charge in [0.15, 0.2) is 0 Å². The monoisotopic (exact) mass is 343 g/mol. The number of carbonyl (C=O) groups is 2. The Morgan fingerprint density at radius 3 is 2.52 bits per heavy atom. The molecule has 1 heterocycles. The van der Waals surface area contributed by atoms with Gasteiger partial charge in [0, 0.05) is 11.9 Å². The van der Waals surface area contributed by atoms with Gasteiger partial charge in [-0.2, -0.15) is 0 Å². The lowest BCUT2D eigenvalue weighted by Crippen LogP contribution is -2.25. The van der Waals surface area contributed by atoms with Crippen molar-refractivity contribution < 1.29 is 9.59 Å². The van der Waals surface area contributed by atoms with Crippen molar-refractivity contribution >= 4 is 33.2 Å². The number of hydrogen-bond donors (Lipinski definition) is 1. The molecule has 1 aliphatic rings. The highest BCUT2D eigenvalue weighted by Crippen LogP contribution is 2.28. The Morgan fingerprint density at radius 2 is 1.81 bits per heavy atom. The van der Waals surface area contributed by atoms with Gasteiger partial charge in [-0.25, -0.2) is 9.97 Å². The molecule has 0 unspecified atom stereocenters. The molecule has 0 aliphatic heterocycles. The van der Waals surface area contributed by atoms with Crippen LogP contribution >= 0.6 is 15.9 Å². The fraction of sp³-hybridized carbons (Fsp3) is 0.0667. The highest BCUT2D eigenvalue weighted by atomic mass is 79.9. The Kier molecular flexibility index (Phi) is 3.39. The third-order valence-corrected chi connectivity index (χ3v) is 3.90. The number of ketones is 2. The first kappa shape index (κ1) is 13.6. The number of anilines is 1. The molecule has 0 atom stereocenters. The summed E-state index contributed by atoms with van der Waals surface area (Å²) in [5, 5.41) is 2.99. The molecule has 0 amide bonds. The third kappa shape index (κ3) is 2.38. The zero-order valence-corrected chi connectivity index (χ0v) is 12.6. The number of nitrogens with one attached hydrogen (secondary N) is 1. The molecule has 0 radical (unpaired) electrons. The average molecular weight is 344 g/mol. The van der Waals surface area contributed by atoms with E-state index in [1.807, 2.05) is 31.2 Å². The lowest BCUT2D eigenvalue weighted by Gasteiger charge is -2.18. The van der Waals surface area contributed by atoms with Gasteiger partial charge in [0.05, 0.1) is 10.0 Å². The summed E-state index contributed by atoms with van der Waals surface area (Å²) in [5.41, 5.74) is 2.37. The van der Waals surface area contributed by atoms with Crippen molar-refractivity contribution in [3.63, 3.8) is 0 Å².